The summed E-state index contributed by atoms with van der Waals surface area (Å²) in [5, 5.41) is 9.45. The van der Waals surface area contributed by atoms with E-state index in [0.29, 0.717) is 18.7 Å². The first-order chi connectivity index (χ1) is 11.2. The van der Waals surface area contributed by atoms with Crippen LogP contribution in [0.15, 0.2) is 42.7 Å². The molecule has 0 saturated carbocycles. The number of aromatic hydroxyl groups is 1. The molecule has 2 aromatic rings. The monoisotopic (exact) mass is 313 g/mol. The number of methoxy groups -OCH3 is 1. The van der Waals surface area contributed by atoms with Crippen LogP contribution in [0, 0.1) is 0 Å². The Morgan fingerprint density at radius 1 is 1.17 bits per heavy atom. The molecule has 120 valence electrons. The normalized spacial score (nSPS) is 14.7. The number of carbonyl (C=O) groups excluding carboxylic acids is 1. The molecular formula is C17H19N3O3. The summed E-state index contributed by atoms with van der Waals surface area (Å²) in [5.41, 5.74) is 1.46. The molecule has 0 unspecified atom stereocenters. The second-order valence-corrected chi connectivity index (χ2v) is 5.38. The van der Waals surface area contributed by atoms with Gasteiger partial charge in [0.05, 0.1) is 24.6 Å². The van der Waals surface area contributed by atoms with Crippen LogP contribution >= 0.6 is 0 Å². The third-order valence-electron chi connectivity index (χ3n) is 3.96. The molecule has 23 heavy (non-hydrogen) atoms. The Bertz CT molecular complexity index is 697. The maximum absolute atomic E-state index is 12.4. The largest absolute Gasteiger partial charge is 0.506 e. The van der Waals surface area contributed by atoms with Gasteiger partial charge in [0.1, 0.15) is 11.5 Å². The predicted octanol–water partition coefficient (Wildman–Crippen LogP) is 1.76. The number of benzene rings is 1. The minimum atomic E-state index is -0.104. The fraction of sp³-hybridized carbons (Fsp3) is 0.294. The fourth-order valence-electron chi connectivity index (χ4n) is 2.77. The summed E-state index contributed by atoms with van der Waals surface area (Å²) in [6, 6.07) is 9.33. The van der Waals surface area contributed by atoms with Crippen LogP contribution in [0.4, 0.5) is 5.69 Å². The number of para-hydroxylation sites is 2. The van der Waals surface area contributed by atoms with Crippen LogP contribution in [-0.4, -0.2) is 54.2 Å². The molecule has 0 aliphatic carbocycles. The van der Waals surface area contributed by atoms with E-state index in [0.717, 1.165) is 24.5 Å². The summed E-state index contributed by atoms with van der Waals surface area (Å²) >= 11 is 0. The van der Waals surface area contributed by atoms with Gasteiger partial charge in [-0.25, -0.2) is 0 Å². The van der Waals surface area contributed by atoms with Crippen LogP contribution in [0.25, 0.3) is 0 Å². The van der Waals surface area contributed by atoms with Crippen molar-refractivity contribution < 1.29 is 14.6 Å². The van der Waals surface area contributed by atoms with Crippen LogP contribution < -0.4 is 9.64 Å². The number of aromatic nitrogens is 1. The SMILES string of the molecule is COc1ccccc1N1CCN(C(=O)c2cncc(O)c2)CC1. The molecule has 1 saturated heterocycles. The minimum absolute atomic E-state index is 0.00325. The highest BCUT2D eigenvalue weighted by Crippen LogP contribution is 2.28. The first-order valence-electron chi connectivity index (χ1n) is 7.50. The minimum Gasteiger partial charge on any atom is -0.506 e. The van der Waals surface area contributed by atoms with Crippen molar-refractivity contribution >= 4 is 11.6 Å². The standard InChI is InChI=1S/C17H19N3O3/c1-23-16-5-3-2-4-15(16)19-6-8-20(9-7-19)17(22)13-10-14(21)12-18-11-13/h2-5,10-12,21H,6-9H2,1H3. The van der Waals surface area contributed by atoms with E-state index in [1.807, 2.05) is 24.3 Å². The number of nitrogens with zero attached hydrogens (tertiary/aromatic N) is 3. The van der Waals surface area contributed by atoms with E-state index in [-0.39, 0.29) is 11.7 Å². The molecule has 0 spiro atoms. The summed E-state index contributed by atoms with van der Waals surface area (Å²) in [5.74, 6) is 0.737. The zero-order valence-electron chi connectivity index (χ0n) is 13.0. The number of rotatable bonds is 3. The molecule has 6 nitrogen and oxygen atoms in total. The van der Waals surface area contributed by atoms with Gasteiger partial charge in [-0.2, -0.15) is 0 Å². The number of piperazine rings is 1. The first-order valence-corrected chi connectivity index (χ1v) is 7.50. The average molecular weight is 313 g/mol. The van der Waals surface area contributed by atoms with Gasteiger partial charge in [0, 0.05) is 32.4 Å². The molecule has 1 aromatic carbocycles. The lowest BCUT2D eigenvalue weighted by Gasteiger charge is -2.36. The number of hydrogen-bond acceptors (Lipinski definition) is 5. The van der Waals surface area contributed by atoms with E-state index in [1.165, 1.54) is 18.5 Å². The molecule has 1 aromatic heterocycles. The van der Waals surface area contributed by atoms with Crippen molar-refractivity contribution in [1.29, 1.82) is 0 Å². The zero-order chi connectivity index (χ0) is 16.2. The van der Waals surface area contributed by atoms with Crippen LogP contribution in [0.3, 0.4) is 0 Å². The number of amides is 1. The summed E-state index contributed by atoms with van der Waals surface area (Å²) < 4.78 is 5.40. The topological polar surface area (TPSA) is 65.9 Å². The first kappa shape index (κ1) is 15.1. The highest BCUT2D eigenvalue weighted by molar-refractivity contribution is 5.94. The van der Waals surface area contributed by atoms with Crippen LogP contribution in [0.5, 0.6) is 11.5 Å². The zero-order valence-corrected chi connectivity index (χ0v) is 13.0. The Balaban J connectivity index is 1.67. The predicted molar refractivity (Wildman–Crippen MR) is 87.0 cm³/mol. The molecule has 1 fully saturated rings. The van der Waals surface area contributed by atoms with Gasteiger partial charge in [0.15, 0.2) is 0 Å². The Morgan fingerprint density at radius 2 is 1.91 bits per heavy atom. The number of carbonyl (C=O) groups is 1. The van der Waals surface area contributed by atoms with Gasteiger partial charge < -0.3 is 19.6 Å². The van der Waals surface area contributed by atoms with Crippen LogP contribution in [-0.2, 0) is 0 Å². The lowest BCUT2D eigenvalue weighted by Crippen LogP contribution is -2.48. The van der Waals surface area contributed by atoms with Gasteiger partial charge >= 0.3 is 0 Å². The van der Waals surface area contributed by atoms with E-state index in [2.05, 4.69) is 9.88 Å². The molecule has 0 radical (unpaired) electrons. The number of pyridine rings is 1. The van der Waals surface area contributed by atoms with Crippen LogP contribution in [0.2, 0.25) is 0 Å². The van der Waals surface area contributed by atoms with Crippen molar-refractivity contribution in [3.63, 3.8) is 0 Å². The van der Waals surface area contributed by atoms with E-state index in [4.69, 9.17) is 4.74 Å². The van der Waals surface area contributed by atoms with Gasteiger partial charge in [0.2, 0.25) is 0 Å². The van der Waals surface area contributed by atoms with E-state index < -0.39 is 0 Å². The Morgan fingerprint density at radius 3 is 2.61 bits per heavy atom. The maximum atomic E-state index is 12.4. The molecule has 2 heterocycles. The second-order valence-electron chi connectivity index (χ2n) is 5.38. The molecule has 0 bridgehead atoms. The quantitative estimate of drug-likeness (QED) is 0.935. The summed E-state index contributed by atoms with van der Waals surface area (Å²) in [4.78, 5) is 20.3. The molecular weight excluding hydrogens is 294 g/mol. The third kappa shape index (κ3) is 3.21. The lowest BCUT2D eigenvalue weighted by atomic mass is 10.2. The maximum Gasteiger partial charge on any atom is 0.255 e. The molecule has 1 N–H and O–H groups in total. The van der Waals surface area contributed by atoms with Gasteiger partial charge in [-0.1, -0.05) is 12.1 Å². The Hall–Kier alpha value is -2.76. The van der Waals surface area contributed by atoms with Crippen LogP contribution in [0.1, 0.15) is 10.4 Å². The molecule has 0 atom stereocenters. The van der Waals surface area contributed by atoms with Crippen molar-refractivity contribution in [3.05, 3.63) is 48.3 Å². The van der Waals surface area contributed by atoms with Gasteiger partial charge in [-0.3, -0.25) is 9.78 Å². The van der Waals surface area contributed by atoms with Crippen molar-refractivity contribution in [2.75, 3.05) is 38.2 Å². The molecule has 3 rings (SSSR count). The summed E-state index contributed by atoms with van der Waals surface area (Å²) in [6.07, 6.45) is 2.80. The van der Waals surface area contributed by atoms with E-state index >= 15 is 0 Å². The third-order valence-corrected chi connectivity index (χ3v) is 3.96. The van der Waals surface area contributed by atoms with E-state index in [9.17, 15) is 9.90 Å². The van der Waals surface area contributed by atoms with E-state index in [1.54, 1.807) is 12.0 Å². The van der Waals surface area contributed by atoms with Crippen molar-refractivity contribution in [3.8, 4) is 11.5 Å². The molecule has 1 aliphatic heterocycles. The highest BCUT2D eigenvalue weighted by atomic mass is 16.5. The lowest BCUT2D eigenvalue weighted by molar-refractivity contribution is 0.0746. The van der Waals surface area contributed by atoms with Crippen molar-refractivity contribution in [2.24, 2.45) is 0 Å². The number of hydrogen-bond donors (Lipinski definition) is 1. The molecule has 1 aliphatic rings. The second kappa shape index (κ2) is 6.56. The molecule has 1 amide bonds. The van der Waals surface area contributed by atoms with Crippen molar-refractivity contribution in [1.82, 2.24) is 9.88 Å². The van der Waals surface area contributed by atoms with Gasteiger partial charge in [0.25, 0.3) is 5.91 Å². The number of anilines is 1. The van der Waals surface area contributed by atoms with Gasteiger partial charge in [-0.05, 0) is 18.2 Å². The fourth-order valence-corrected chi connectivity index (χ4v) is 2.77. The number of ether oxygens (including phenoxy) is 1. The summed E-state index contributed by atoms with van der Waals surface area (Å²) in [6.45, 7) is 2.70. The van der Waals surface area contributed by atoms with Gasteiger partial charge in [-0.15, -0.1) is 0 Å². The summed E-state index contributed by atoms with van der Waals surface area (Å²) in [7, 11) is 1.66. The Labute approximate surface area is 134 Å². The smallest absolute Gasteiger partial charge is 0.255 e. The van der Waals surface area contributed by atoms with Crippen molar-refractivity contribution in [2.45, 2.75) is 0 Å². The average Bonchev–Trinajstić information content (AvgIpc) is 2.61. The highest BCUT2D eigenvalue weighted by Gasteiger charge is 2.24. The molecule has 6 heteroatoms. The Kier molecular flexibility index (Phi) is 4.32.